The summed E-state index contributed by atoms with van der Waals surface area (Å²) >= 11 is 6.21. The topological polar surface area (TPSA) is 27.0 Å². The molecule has 0 spiro atoms. The molecule has 1 aliphatic rings. The van der Waals surface area contributed by atoms with Gasteiger partial charge >= 0.3 is 0 Å². The third kappa shape index (κ3) is 1.99. The highest BCUT2D eigenvalue weighted by Crippen LogP contribution is 2.27. The second-order valence-electron chi connectivity index (χ2n) is 3.98. The van der Waals surface area contributed by atoms with Gasteiger partial charge in [0.05, 0.1) is 10.6 Å². The maximum absolute atomic E-state index is 8.90. The molecule has 0 saturated carbocycles. The van der Waals surface area contributed by atoms with Gasteiger partial charge in [0, 0.05) is 13.1 Å². The number of nitriles is 1. The number of nitrogens with zero attached hydrogens (tertiary/aromatic N) is 2. The van der Waals surface area contributed by atoms with E-state index in [9.17, 15) is 0 Å². The van der Waals surface area contributed by atoms with Crippen molar-refractivity contribution in [3.8, 4) is 6.07 Å². The van der Waals surface area contributed by atoms with Crippen LogP contribution in [0.25, 0.3) is 0 Å². The van der Waals surface area contributed by atoms with Gasteiger partial charge < -0.3 is 4.90 Å². The lowest BCUT2D eigenvalue weighted by molar-refractivity contribution is 0.352. The summed E-state index contributed by atoms with van der Waals surface area (Å²) in [5, 5.41) is 9.56. The highest BCUT2D eigenvalue weighted by Gasteiger charge is 2.15. The van der Waals surface area contributed by atoms with Crippen LogP contribution in [0.15, 0.2) is 12.1 Å². The smallest absolute Gasteiger partial charge is 0.101 e. The Hall–Kier alpha value is -1.04. The molecular weight excluding hydrogens is 208 g/mol. The standard InChI is InChI=1S/C12H13ClN2/c1-15-6-4-9-2-3-10(8-14)12(13)11(9)5-7-15/h2-3H,4-7H2,1H3. The van der Waals surface area contributed by atoms with Crippen molar-refractivity contribution in [2.75, 3.05) is 20.1 Å². The zero-order valence-electron chi connectivity index (χ0n) is 8.76. The van der Waals surface area contributed by atoms with Gasteiger partial charge in [0.25, 0.3) is 0 Å². The van der Waals surface area contributed by atoms with Gasteiger partial charge in [-0.25, -0.2) is 0 Å². The molecule has 0 bridgehead atoms. The fraction of sp³-hybridized carbons (Fsp3) is 0.417. The molecule has 0 atom stereocenters. The predicted molar refractivity (Wildman–Crippen MR) is 61.1 cm³/mol. The van der Waals surface area contributed by atoms with Gasteiger partial charge in [-0.3, -0.25) is 0 Å². The Morgan fingerprint density at radius 1 is 1.33 bits per heavy atom. The average molecular weight is 221 g/mol. The summed E-state index contributed by atoms with van der Waals surface area (Å²) in [5.74, 6) is 0. The van der Waals surface area contributed by atoms with Crippen LogP contribution in [-0.2, 0) is 12.8 Å². The van der Waals surface area contributed by atoms with E-state index >= 15 is 0 Å². The zero-order valence-corrected chi connectivity index (χ0v) is 9.51. The number of benzene rings is 1. The van der Waals surface area contributed by atoms with E-state index < -0.39 is 0 Å². The van der Waals surface area contributed by atoms with Gasteiger partial charge in [-0.15, -0.1) is 0 Å². The number of fused-ring (bicyclic) bond motifs is 1. The molecule has 0 N–H and O–H groups in total. The Morgan fingerprint density at radius 3 is 2.80 bits per heavy atom. The molecule has 78 valence electrons. The molecule has 0 amide bonds. The summed E-state index contributed by atoms with van der Waals surface area (Å²) in [6.07, 6.45) is 1.97. The molecule has 0 radical (unpaired) electrons. The molecule has 2 nitrogen and oxygen atoms in total. The fourth-order valence-electron chi connectivity index (χ4n) is 1.98. The number of rotatable bonds is 0. The highest BCUT2D eigenvalue weighted by atomic mass is 35.5. The lowest BCUT2D eigenvalue weighted by atomic mass is 10.0. The lowest BCUT2D eigenvalue weighted by Crippen LogP contribution is -2.20. The first-order valence-electron chi connectivity index (χ1n) is 5.11. The van der Waals surface area contributed by atoms with Crippen molar-refractivity contribution in [1.82, 2.24) is 4.90 Å². The van der Waals surface area contributed by atoms with E-state index in [0.29, 0.717) is 10.6 Å². The minimum absolute atomic E-state index is 0.597. The second-order valence-corrected chi connectivity index (χ2v) is 4.36. The largest absolute Gasteiger partial charge is 0.306 e. The van der Waals surface area contributed by atoms with E-state index in [1.54, 1.807) is 0 Å². The summed E-state index contributed by atoms with van der Waals surface area (Å²) < 4.78 is 0. The molecule has 3 heteroatoms. The minimum atomic E-state index is 0.597. The molecule has 1 aliphatic heterocycles. The van der Waals surface area contributed by atoms with Crippen LogP contribution in [0.3, 0.4) is 0 Å². The molecule has 0 unspecified atom stereocenters. The Kier molecular flexibility index (Phi) is 2.95. The van der Waals surface area contributed by atoms with Crippen molar-refractivity contribution in [1.29, 1.82) is 5.26 Å². The van der Waals surface area contributed by atoms with Crippen LogP contribution in [0.1, 0.15) is 16.7 Å². The normalized spacial score (nSPS) is 16.6. The van der Waals surface area contributed by atoms with Crippen LogP contribution in [0.2, 0.25) is 5.02 Å². The number of halogens is 1. The van der Waals surface area contributed by atoms with Crippen LogP contribution in [0.5, 0.6) is 0 Å². The molecule has 15 heavy (non-hydrogen) atoms. The van der Waals surface area contributed by atoms with Gasteiger partial charge in [-0.05, 0) is 37.1 Å². The average Bonchev–Trinajstić information content (AvgIpc) is 2.42. The van der Waals surface area contributed by atoms with E-state index in [4.69, 9.17) is 16.9 Å². The van der Waals surface area contributed by atoms with Gasteiger partial charge in [0.1, 0.15) is 6.07 Å². The van der Waals surface area contributed by atoms with Gasteiger partial charge in [0.2, 0.25) is 0 Å². The molecule has 0 saturated heterocycles. The predicted octanol–water partition coefficient (Wildman–Crippen LogP) is 2.24. The quantitative estimate of drug-likeness (QED) is 0.671. The van der Waals surface area contributed by atoms with Crippen LogP contribution in [-0.4, -0.2) is 25.0 Å². The van der Waals surface area contributed by atoms with Crippen LogP contribution in [0, 0.1) is 11.3 Å². The molecule has 0 aliphatic carbocycles. The Morgan fingerprint density at radius 2 is 2.07 bits per heavy atom. The SMILES string of the molecule is CN1CCc2ccc(C#N)c(Cl)c2CC1. The molecule has 2 rings (SSSR count). The van der Waals surface area contributed by atoms with Gasteiger partial charge in [-0.1, -0.05) is 17.7 Å². The molecule has 1 aromatic carbocycles. The van der Waals surface area contributed by atoms with E-state index in [1.165, 1.54) is 11.1 Å². The maximum Gasteiger partial charge on any atom is 0.101 e. The molecule has 1 heterocycles. The van der Waals surface area contributed by atoms with Crippen LogP contribution < -0.4 is 0 Å². The van der Waals surface area contributed by atoms with Crippen LogP contribution in [0.4, 0.5) is 0 Å². The van der Waals surface area contributed by atoms with Crippen molar-refractivity contribution < 1.29 is 0 Å². The molecule has 0 fully saturated rings. The summed E-state index contributed by atoms with van der Waals surface area (Å²) in [4.78, 5) is 2.29. The Bertz CT molecular complexity index is 420. The van der Waals surface area contributed by atoms with Crippen molar-refractivity contribution in [3.63, 3.8) is 0 Å². The van der Waals surface area contributed by atoms with Gasteiger partial charge in [-0.2, -0.15) is 5.26 Å². The molecular formula is C12H13ClN2. The summed E-state index contributed by atoms with van der Waals surface area (Å²) in [5.41, 5.74) is 3.06. The highest BCUT2D eigenvalue weighted by molar-refractivity contribution is 6.32. The first kappa shape index (κ1) is 10.5. The molecule has 0 aromatic heterocycles. The second kappa shape index (κ2) is 4.22. The third-order valence-electron chi connectivity index (χ3n) is 2.97. The Labute approximate surface area is 95.1 Å². The van der Waals surface area contributed by atoms with E-state index in [-0.39, 0.29) is 0 Å². The maximum atomic E-state index is 8.90. The van der Waals surface area contributed by atoms with E-state index in [0.717, 1.165) is 25.9 Å². The monoisotopic (exact) mass is 220 g/mol. The fourth-order valence-corrected chi connectivity index (χ4v) is 2.30. The third-order valence-corrected chi connectivity index (χ3v) is 3.40. The van der Waals surface area contributed by atoms with Crippen molar-refractivity contribution >= 4 is 11.6 Å². The van der Waals surface area contributed by atoms with Crippen LogP contribution >= 0.6 is 11.6 Å². The van der Waals surface area contributed by atoms with Crippen molar-refractivity contribution in [2.24, 2.45) is 0 Å². The van der Waals surface area contributed by atoms with Crippen molar-refractivity contribution in [3.05, 3.63) is 33.8 Å². The molecule has 1 aromatic rings. The summed E-state index contributed by atoms with van der Waals surface area (Å²) in [6, 6.07) is 6.00. The summed E-state index contributed by atoms with van der Waals surface area (Å²) in [6.45, 7) is 2.08. The number of likely N-dealkylation sites (N-methyl/N-ethyl adjacent to an activating group) is 1. The van der Waals surface area contributed by atoms with E-state index in [1.807, 2.05) is 12.1 Å². The van der Waals surface area contributed by atoms with Gasteiger partial charge in [0.15, 0.2) is 0 Å². The van der Waals surface area contributed by atoms with Crippen molar-refractivity contribution in [2.45, 2.75) is 12.8 Å². The number of hydrogen-bond acceptors (Lipinski definition) is 2. The lowest BCUT2D eigenvalue weighted by Gasteiger charge is -2.11. The zero-order chi connectivity index (χ0) is 10.8. The van der Waals surface area contributed by atoms with E-state index in [2.05, 4.69) is 18.0 Å². The first-order chi connectivity index (χ1) is 7.22. The Balaban J connectivity index is 2.45. The number of hydrogen-bond donors (Lipinski definition) is 0. The first-order valence-corrected chi connectivity index (χ1v) is 5.49. The minimum Gasteiger partial charge on any atom is -0.306 e. The summed E-state index contributed by atoms with van der Waals surface area (Å²) in [7, 11) is 2.12.